The van der Waals surface area contributed by atoms with Gasteiger partial charge in [-0.2, -0.15) is 4.18 Å². The summed E-state index contributed by atoms with van der Waals surface area (Å²) in [5.74, 6) is 0.799. The van der Waals surface area contributed by atoms with E-state index in [0.717, 1.165) is 22.5 Å². The fourth-order valence-corrected chi connectivity index (χ4v) is 3.47. The van der Waals surface area contributed by atoms with Gasteiger partial charge in [-0.1, -0.05) is 24.3 Å². The summed E-state index contributed by atoms with van der Waals surface area (Å²) in [6.07, 6.45) is 4.24. The molecule has 0 aliphatic carbocycles. The molecular formula is C20H25N2O2S+. The Bertz CT molecular complexity index is 770. The van der Waals surface area contributed by atoms with Crippen molar-refractivity contribution in [2.24, 2.45) is 0 Å². The molecule has 1 aliphatic heterocycles. The molecule has 0 spiro atoms. The number of anilines is 1. The number of pyridine rings is 1. The van der Waals surface area contributed by atoms with E-state index in [1.807, 2.05) is 30.3 Å². The number of rotatable bonds is 4. The molecule has 1 atom stereocenters. The number of carbonyl (C=O) groups is 1. The van der Waals surface area contributed by atoms with E-state index in [2.05, 4.69) is 38.1 Å². The Kier molecular flexibility index (Phi) is 5.16. The normalized spacial score (nSPS) is 15.4. The fraction of sp³-hybridized carbons (Fsp3) is 0.400. The maximum absolute atomic E-state index is 12.8. The van der Waals surface area contributed by atoms with Crippen LogP contribution in [0, 0.1) is 0 Å². The second-order valence-electron chi connectivity index (χ2n) is 7.14. The van der Waals surface area contributed by atoms with E-state index in [0.29, 0.717) is 19.6 Å². The van der Waals surface area contributed by atoms with Crippen molar-refractivity contribution in [1.82, 2.24) is 4.98 Å². The Hall–Kier alpha value is -1.85. The smallest absolute Gasteiger partial charge is 0.232 e. The summed E-state index contributed by atoms with van der Waals surface area (Å²) in [6.45, 7) is 7.53. The third-order valence-electron chi connectivity index (χ3n) is 4.43. The third kappa shape index (κ3) is 3.88. The van der Waals surface area contributed by atoms with Crippen LogP contribution in [-0.4, -0.2) is 35.0 Å². The van der Waals surface area contributed by atoms with E-state index >= 15 is 0 Å². The zero-order valence-electron chi connectivity index (χ0n) is 15.3. The number of benzene rings is 1. The predicted octanol–water partition coefficient (Wildman–Crippen LogP) is 3.62. The molecule has 1 aliphatic rings. The van der Waals surface area contributed by atoms with Gasteiger partial charge in [0.2, 0.25) is 5.91 Å². The quantitative estimate of drug-likeness (QED) is 0.785. The first-order valence-electron chi connectivity index (χ1n) is 8.51. The second kappa shape index (κ2) is 7.18. The second-order valence-corrected chi connectivity index (χ2v) is 9.51. The highest BCUT2D eigenvalue weighted by Gasteiger charge is 2.33. The van der Waals surface area contributed by atoms with E-state index in [1.54, 1.807) is 11.1 Å². The molecule has 0 saturated heterocycles. The molecule has 4 nitrogen and oxygen atoms in total. The first-order valence-corrected chi connectivity index (χ1v) is 10.1. The largest absolute Gasteiger partial charge is 0.293 e. The molecular weight excluding hydrogens is 332 g/mol. The van der Waals surface area contributed by atoms with Crippen LogP contribution in [0.15, 0.2) is 42.6 Å². The zero-order valence-corrected chi connectivity index (χ0v) is 16.1. The van der Waals surface area contributed by atoms with Crippen molar-refractivity contribution in [3.8, 4) is 11.1 Å². The molecule has 1 aromatic carbocycles. The number of hydrogen-bond donors (Lipinski definition) is 0. The van der Waals surface area contributed by atoms with Crippen molar-refractivity contribution in [1.29, 1.82) is 0 Å². The third-order valence-corrected chi connectivity index (χ3v) is 6.67. The molecule has 0 saturated carbocycles. The highest BCUT2D eigenvalue weighted by atomic mass is 32.2. The monoisotopic (exact) mass is 357 g/mol. The molecule has 5 heteroatoms. The highest BCUT2D eigenvalue weighted by molar-refractivity contribution is 7.93. The van der Waals surface area contributed by atoms with Gasteiger partial charge in [0.1, 0.15) is 29.9 Å². The lowest BCUT2D eigenvalue weighted by Gasteiger charge is -2.22. The van der Waals surface area contributed by atoms with Crippen molar-refractivity contribution in [2.45, 2.75) is 31.9 Å². The number of nitrogens with zero attached hydrogens (tertiary/aromatic N) is 2. The average Bonchev–Trinajstić information content (AvgIpc) is 2.69. The minimum absolute atomic E-state index is 0.0697. The van der Waals surface area contributed by atoms with Gasteiger partial charge in [0.15, 0.2) is 4.75 Å². The molecule has 132 valence electrons. The van der Waals surface area contributed by atoms with Crippen LogP contribution < -0.4 is 4.90 Å². The van der Waals surface area contributed by atoms with Gasteiger partial charge >= 0.3 is 0 Å². The lowest BCUT2D eigenvalue weighted by atomic mass is 9.99. The number of fused-ring (bicyclic) bond motifs is 3. The van der Waals surface area contributed by atoms with Gasteiger partial charge < -0.3 is 0 Å². The van der Waals surface area contributed by atoms with Crippen LogP contribution in [0.2, 0.25) is 0 Å². The SMILES string of the molecule is C[S+](OCCN1C(=O)Cc2ccccc2-c2cccnc21)C(C)(C)C. The number of hydrogen-bond acceptors (Lipinski definition) is 3. The van der Waals surface area contributed by atoms with Crippen LogP contribution in [-0.2, 0) is 26.6 Å². The molecule has 1 amide bonds. The Labute approximate surface area is 152 Å². The van der Waals surface area contributed by atoms with Crippen molar-refractivity contribution >= 4 is 22.9 Å². The van der Waals surface area contributed by atoms with Crippen LogP contribution in [0.4, 0.5) is 5.82 Å². The molecule has 0 N–H and O–H groups in total. The number of carbonyl (C=O) groups excluding carboxylic acids is 1. The van der Waals surface area contributed by atoms with E-state index < -0.39 is 0 Å². The molecule has 1 aromatic heterocycles. The van der Waals surface area contributed by atoms with E-state index in [4.69, 9.17) is 4.18 Å². The standard InChI is InChI=1S/C20H25N2O2S/c1-20(2,3)25(4)24-13-12-22-18(23)14-15-8-5-6-9-16(15)17-10-7-11-21-19(17)22/h5-11H,12-14H2,1-4H3/q+1. The van der Waals surface area contributed by atoms with Gasteiger partial charge in [0.25, 0.3) is 0 Å². The first kappa shape index (κ1) is 18.0. The van der Waals surface area contributed by atoms with Gasteiger partial charge in [-0.05, 0) is 44.0 Å². The summed E-state index contributed by atoms with van der Waals surface area (Å²) in [6, 6.07) is 12.0. The minimum Gasteiger partial charge on any atom is -0.293 e. The lowest BCUT2D eigenvalue weighted by molar-refractivity contribution is -0.118. The van der Waals surface area contributed by atoms with Crippen molar-refractivity contribution in [3.63, 3.8) is 0 Å². The molecule has 2 aromatic rings. The molecule has 0 radical (unpaired) electrons. The summed E-state index contributed by atoms with van der Waals surface area (Å²) < 4.78 is 6.10. The highest BCUT2D eigenvalue weighted by Crippen LogP contribution is 2.35. The summed E-state index contributed by atoms with van der Waals surface area (Å²) in [7, 11) is 0. The summed E-state index contributed by atoms with van der Waals surface area (Å²) in [5, 5.41) is 0. The minimum atomic E-state index is -0.163. The van der Waals surface area contributed by atoms with Gasteiger partial charge in [0.05, 0.1) is 13.0 Å². The Morgan fingerprint density at radius 3 is 2.64 bits per heavy atom. The summed E-state index contributed by atoms with van der Waals surface area (Å²) in [4.78, 5) is 19.1. The van der Waals surface area contributed by atoms with Crippen molar-refractivity contribution in [2.75, 3.05) is 24.3 Å². The lowest BCUT2D eigenvalue weighted by Crippen LogP contribution is -2.37. The van der Waals surface area contributed by atoms with Crippen LogP contribution in [0.25, 0.3) is 11.1 Å². The number of amides is 1. The van der Waals surface area contributed by atoms with Gasteiger partial charge in [0, 0.05) is 11.8 Å². The maximum atomic E-state index is 12.8. The topological polar surface area (TPSA) is 42.4 Å². The van der Waals surface area contributed by atoms with Gasteiger partial charge in [-0.3, -0.25) is 9.69 Å². The molecule has 2 heterocycles. The first-order chi connectivity index (χ1) is 11.9. The summed E-state index contributed by atoms with van der Waals surface area (Å²) in [5.41, 5.74) is 3.15. The van der Waals surface area contributed by atoms with Gasteiger partial charge in [-0.15, -0.1) is 0 Å². The molecule has 25 heavy (non-hydrogen) atoms. The van der Waals surface area contributed by atoms with E-state index in [9.17, 15) is 4.79 Å². The number of aromatic nitrogens is 1. The van der Waals surface area contributed by atoms with Crippen LogP contribution in [0.5, 0.6) is 0 Å². The Balaban J connectivity index is 1.85. The van der Waals surface area contributed by atoms with Crippen molar-refractivity contribution in [3.05, 3.63) is 48.2 Å². The molecule has 0 fully saturated rings. The van der Waals surface area contributed by atoms with E-state index in [-0.39, 0.29) is 21.8 Å². The maximum Gasteiger partial charge on any atom is 0.232 e. The predicted molar refractivity (Wildman–Crippen MR) is 105 cm³/mol. The molecule has 1 unspecified atom stereocenters. The summed E-state index contributed by atoms with van der Waals surface area (Å²) >= 11 is -0.163. The molecule has 3 rings (SSSR count). The van der Waals surface area contributed by atoms with Crippen LogP contribution in [0.1, 0.15) is 26.3 Å². The fourth-order valence-electron chi connectivity index (χ4n) is 2.80. The Morgan fingerprint density at radius 2 is 1.88 bits per heavy atom. The molecule has 0 bridgehead atoms. The van der Waals surface area contributed by atoms with Crippen LogP contribution in [0.3, 0.4) is 0 Å². The van der Waals surface area contributed by atoms with E-state index in [1.165, 1.54) is 0 Å². The average molecular weight is 357 g/mol. The zero-order chi connectivity index (χ0) is 18.0. The van der Waals surface area contributed by atoms with Gasteiger partial charge in [-0.25, -0.2) is 4.98 Å². The van der Waals surface area contributed by atoms with Crippen molar-refractivity contribution < 1.29 is 8.98 Å². The Morgan fingerprint density at radius 1 is 1.16 bits per heavy atom. The van der Waals surface area contributed by atoms with Crippen LogP contribution >= 0.6 is 0 Å².